The Labute approximate surface area is 148 Å². The SMILES string of the molecule is COc1cccc(COc2ccc(CC(C)N(C)CC(=O)O)cc2)c1. The first-order valence-electron chi connectivity index (χ1n) is 8.24. The van der Waals surface area contributed by atoms with Crippen LogP contribution in [0.3, 0.4) is 0 Å². The van der Waals surface area contributed by atoms with E-state index in [1.54, 1.807) is 7.11 Å². The lowest BCUT2D eigenvalue weighted by Gasteiger charge is -2.22. The van der Waals surface area contributed by atoms with Crippen molar-refractivity contribution in [3.8, 4) is 11.5 Å². The third-order valence-electron chi connectivity index (χ3n) is 4.13. The average molecular weight is 343 g/mol. The van der Waals surface area contributed by atoms with Crippen LogP contribution in [0.1, 0.15) is 18.1 Å². The van der Waals surface area contributed by atoms with E-state index in [1.165, 1.54) is 0 Å². The molecule has 5 heteroatoms. The summed E-state index contributed by atoms with van der Waals surface area (Å²) in [4.78, 5) is 12.6. The molecule has 0 heterocycles. The molecule has 134 valence electrons. The van der Waals surface area contributed by atoms with E-state index in [4.69, 9.17) is 14.6 Å². The van der Waals surface area contributed by atoms with Gasteiger partial charge in [-0.2, -0.15) is 0 Å². The van der Waals surface area contributed by atoms with Crippen molar-refractivity contribution in [3.63, 3.8) is 0 Å². The Morgan fingerprint density at radius 3 is 2.48 bits per heavy atom. The van der Waals surface area contributed by atoms with Crippen LogP contribution in [0.15, 0.2) is 48.5 Å². The molecule has 2 aromatic carbocycles. The number of hydrogen-bond acceptors (Lipinski definition) is 4. The molecule has 0 radical (unpaired) electrons. The summed E-state index contributed by atoms with van der Waals surface area (Å²) < 4.78 is 11.0. The van der Waals surface area contributed by atoms with E-state index < -0.39 is 5.97 Å². The molecule has 2 rings (SSSR count). The maximum Gasteiger partial charge on any atom is 0.317 e. The Balaban J connectivity index is 1.87. The van der Waals surface area contributed by atoms with Gasteiger partial charge < -0.3 is 14.6 Å². The Bertz CT molecular complexity index is 684. The number of nitrogens with zero attached hydrogens (tertiary/aromatic N) is 1. The van der Waals surface area contributed by atoms with Crippen molar-refractivity contribution in [1.82, 2.24) is 4.90 Å². The average Bonchev–Trinajstić information content (AvgIpc) is 2.60. The van der Waals surface area contributed by atoms with Gasteiger partial charge in [-0.1, -0.05) is 24.3 Å². The highest BCUT2D eigenvalue weighted by atomic mass is 16.5. The molecule has 0 saturated heterocycles. The van der Waals surface area contributed by atoms with Gasteiger partial charge >= 0.3 is 5.97 Å². The Morgan fingerprint density at radius 2 is 1.84 bits per heavy atom. The van der Waals surface area contributed by atoms with E-state index in [2.05, 4.69) is 0 Å². The van der Waals surface area contributed by atoms with Crippen LogP contribution in [0, 0.1) is 0 Å². The summed E-state index contributed by atoms with van der Waals surface area (Å²) in [7, 11) is 3.47. The summed E-state index contributed by atoms with van der Waals surface area (Å²) in [6.45, 7) is 2.55. The number of carbonyl (C=O) groups is 1. The topological polar surface area (TPSA) is 59.0 Å². The number of carboxylic acids is 1. The third kappa shape index (κ3) is 6.12. The highest BCUT2D eigenvalue weighted by Gasteiger charge is 2.12. The molecule has 0 amide bonds. The molecule has 0 aromatic heterocycles. The maximum absolute atomic E-state index is 10.8. The van der Waals surface area contributed by atoms with Crippen LogP contribution in [-0.4, -0.2) is 42.7 Å². The minimum absolute atomic E-state index is 0.0445. The van der Waals surface area contributed by atoms with E-state index in [0.29, 0.717) is 6.61 Å². The fourth-order valence-electron chi connectivity index (χ4n) is 2.52. The quantitative estimate of drug-likeness (QED) is 0.757. The maximum atomic E-state index is 10.8. The minimum Gasteiger partial charge on any atom is -0.497 e. The number of benzene rings is 2. The molecule has 0 aliphatic carbocycles. The van der Waals surface area contributed by atoms with Gasteiger partial charge in [0, 0.05) is 6.04 Å². The normalized spacial score (nSPS) is 12.0. The van der Waals surface area contributed by atoms with Crippen LogP contribution in [0.25, 0.3) is 0 Å². The summed E-state index contributed by atoms with van der Waals surface area (Å²) in [6.07, 6.45) is 0.792. The first-order chi connectivity index (χ1) is 12.0. The smallest absolute Gasteiger partial charge is 0.317 e. The van der Waals surface area contributed by atoms with Gasteiger partial charge in [-0.3, -0.25) is 9.69 Å². The molecule has 1 N–H and O–H groups in total. The number of methoxy groups -OCH3 is 1. The molecule has 0 aliphatic heterocycles. The van der Waals surface area contributed by atoms with Crippen molar-refractivity contribution in [2.45, 2.75) is 26.0 Å². The molecular formula is C20H25NO4. The number of carboxylic acid groups (broad SMARTS) is 1. The van der Waals surface area contributed by atoms with Gasteiger partial charge in [0.2, 0.25) is 0 Å². The molecule has 2 aromatic rings. The van der Waals surface area contributed by atoms with Crippen LogP contribution in [0.2, 0.25) is 0 Å². The number of aliphatic carboxylic acids is 1. The lowest BCUT2D eigenvalue weighted by molar-refractivity contribution is -0.138. The summed E-state index contributed by atoms with van der Waals surface area (Å²) in [5, 5.41) is 8.86. The van der Waals surface area contributed by atoms with E-state index in [0.717, 1.165) is 29.0 Å². The van der Waals surface area contributed by atoms with Crippen LogP contribution >= 0.6 is 0 Å². The first kappa shape index (κ1) is 18.8. The van der Waals surface area contributed by atoms with Crippen LogP contribution in [0.4, 0.5) is 0 Å². The highest BCUT2D eigenvalue weighted by molar-refractivity contribution is 5.69. The molecule has 0 fully saturated rings. The zero-order valence-electron chi connectivity index (χ0n) is 14.9. The molecule has 1 unspecified atom stereocenters. The molecule has 0 bridgehead atoms. The van der Waals surface area contributed by atoms with Crippen molar-refractivity contribution in [1.29, 1.82) is 0 Å². The monoisotopic (exact) mass is 343 g/mol. The largest absolute Gasteiger partial charge is 0.497 e. The summed E-state index contributed by atoms with van der Waals surface area (Å²) in [6, 6.07) is 15.9. The second-order valence-electron chi connectivity index (χ2n) is 6.15. The lowest BCUT2D eigenvalue weighted by atomic mass is 10.1. The number of hydrogen-bond donors (Lipinski definition) is 1. The number of rotatable bonds is 9. The summed E-state index contributed by atoms with van der Waals surface area (Å²) in [5.74, 6) is 0.810. The molecule has 0 aliphatic rings. The first-order valence-corrected chi connectivity index (χ1v) is 8.24. The van der Waals surface area contributed by atoms with Crippen molar-refractivity contribution >= 4 is 5.97 Å². The van der Waals surface area contributed by atoms with Gasteiger partial charge in [0.05, 0.1) is 13.7 Å². The fourth-order valence-corrected chi connectivity index (χ4v) is 2.52. The minimum atomic E-state index is -0.810. The van der Waals surface area contributed by atoms with Crippen molar-refractivity contribution < 1.29 is 19.4 Å². The third-order valence-corrected chi connectivity index (χ3v) is 4.13. The zero-order chi connectivity index (χ0) is 18.2. The molecule has 25 heavy (non-hydrogen) atoms. The van der Waals surface area contributed by atoms with E-state index in [-0.39, 0.29) is 12.6 Å². The predicted octanol–water partition coefficient (Wildman–Crippen LogP) is 3.22. The van der Waals surface area contributed by atoms with Crippen molar-refractivity contribution in [3.05, 3.63) is 59.7 Å². The van der Waals surface area contributed by atoms with E-state index in [1.807, 2.05) is 67.4 Å². The molecule has 5 nitrogen and oxygen atoms in total. The Kier molecular flexibility index (Phi) is 6.83. The van der Waals surface area contributed by atoms with Gasteiger partial charge in [-0.25, -0.2) is 0 Å². The van der Waals surface area contributed by atoms with Gasteiger partial charge in [0.25, 0.3) is 0 Å². The van der Waals surface area contributed by atoms with E-state index in [9.17, 15) is 4.79 Å². The standard InChI is InChI=1S/C20H25NO4/c1-15(21(2)13-20(22)23)11-16-7-9-18(10-8-16)25-14-17-5-4-6-19(12-17)24-3/h4-10,12,15H,11,13-14H2,1-3H3,(H,22,23). The lowest BCUT2D eigenvalue weighted by Crippen LogP contribution is -2.35. The van der Waals surface area contributed by atoms with Crippen molar-refractivity contribution in [2.75, 3.05) is 20.7 Å². The van der Waals surface area contributed by atoms with Gasteiger partial charge in [0.1, 0.15) is 18.1 Å². The second kappa shape index (κ2) is 9.08. The molecule has 0 spiro atoms. The summed E-state index contributed by atoms with van der Waals surface area (Å²) in [5.41, 5.74) is 2.20. The van der Waals surface area contributed by atoms with Crippen LogP contribution in [-0.2, 0) is 17.8 Å². The van der Waals surface area contributed by atoms with E-state index >= 15 is 0 Å². The Morgan fingerprint density at radius 1 is 1.12 bits per heavy atom. The highest BCUT2D eigenvalue weighted by Crippen LogP contribution is 2.18. The predicted molar refractivity (Wildman–Crippen MR) is 97.2 cm³/mol. The molecule has 1 atom stereocenters. The zero-order valence-corrected chi connectivity index (χ0v) is 14.9. The summed E-state index contributed by atoms with van der Waals surface area (Å²) >= 11 is 0. The number of ether oxygens (including phenoxy) is 2. The van der Waals surface area contributed by atoms with Gasteiger partial charge in [0.15, 0.2) is 0 Å². The number of likely N-dealkylation sites (N-methyl/N-ethyl adjacent to an activating group) is 1. The van der Waals surface area contributed by atoms with Crippen LogP contribution in [0.5, 0.6) is 11.5 Å². The fraction of sp³-hybridized carbons (Fsp3) is 0.350. The van der Waals surface area contributed by atoms with Gasteiger partial charge in [-0.15, -0.1) is 0 Å². The van der Waals surface area contributed by atoms with Crippen molar-refractivity contribution in [2.24, 2.45) is 0 Å². The van der Waals surface area contributed by atoms with Gasteiger partial charge in [-0.05, 0) is 55.8 Å². The van der Waals surface area contributed by atoms with Crippen LogP contribution < -0.4 is 9.47 Å². The second-order valence-corrected chi connectivity index (χ2v) is 6.15. The molecular weight excluding hydrogens is 318 g/mol. The Hall–Kier alpha value is -2.53. The molecule has 0 saturated carbocycles.